The molecule has 134 valence electrons. The summed E-state index contributed by atoms with van der Waals surface area (Å²) in [5.74, 6) is 0.117. The maximum atomic E-state index is 12.5. The highest BCUT2D eigenvalue weighted by molar-refractivity contribution is 7.88. The van der Waals surface area contributed by atoms with Crippen LogP contribution in [0.1, 0.15) is 17.5 Å². The van der Waals surface area contributed by atoms with Gasteiger partial charge in [-0.05, 0) is 34.4 Å². The van der Waals surface area contributed by atoms with E-state index in [-0.39, 0.29) is 11.7 Å². The summed E-state index contributed by atoms with van der Waals surface area (Å²) in [5, 5.41) is 4.07. The number of benzene rings is 1. The summed E-state index contributed by atoms with van der Waals surface area (Å²) in [6, 6.07) is 11.2. The summed E-state index contributed by atoms with van der Waals surface area (Å²) < 4.78 is 26.6. The number of rotatable bonds is 6. The van der Waals surface area contributed by atoms with Crippen molar-refractivity contribution < 1.29 is 13.2 Å². The minimum absolute atomic E-state index is 0.0138. The molecule has 0 bridgehead atoms. The van der Waals surface area contributed by atoms with Gasteiger partial charge < -0.3 is 4.90 Å². The molecule has 1 aromatic carbocycles. The number of aryl methyl sites for hydroxylation is 1. The number of thiophene rings is 1. The molecule has 1 aliphatic heterocycles. The lowest BCUT2D eigenvalue weighted by molar-refractivity contribution is -0.132. The Morgan fingerprint density at radius 3 is 2.36 bits per heavy atom. The summed E-state index contributed by atoms with van der Waals surface area (Å²) in [7, 11) is -3.34. The molecule has 1 aromatic heterocycles. The van der Waals surface area contributed by atoms with Crippen molar-refractivity contribution in [3.8, 4) is 0 Å². The van der Waals surface area contributed by atoms with E-state index < -0.39 is 10.0 Å². The van der Waals surface area contributed by atoms with Crippen LogP contribution in [0.4, 0.5) is 0 Å². The van der Waals surface area contributed by atoms with Gasteiger partial charge in [0.15, 0.2) is 0 Å². The van der Waals surface area contributed by atoms with E-state index in [2.05, 4.69) is 5.38 Å². The number of nitrogens with zero attached hydrogens (tertiary/aromatic N) is 2. The molecular weight excluding hydrogens is 356 g/mol. The molecule has 1 saturated heterocycles. The maximum Gasteiger partial charge on any atom is 0.222 e. The Hall–Kier alpha value is -1.70. The Bertz CT molecular complexity index is 781. The molecule has 25 heavy (non-hydrogen) atoms. The number of carbonyl (C=O) groups is 1. The van der Waals surface area contributed by atoms with E-state index in [1.165, 1.54) is 9.87 Å². The van der Waals surface area contributed by atoms with Crippen LogP contribution in [0.2, 0.25) is 0 Å². The van der Waals surface area contributed by atoms with Crippen molar-refractivity contribution in [1.82, 2.24) is 9.21 Å². The quantitative estimate of drug-likeness (QED) is 0.775. The molecule has 0 spiro atoms. The Balaban J connectivity index is 1.50. The predicted octanol–water partition coefficient (Wildman–Crippen LogP) is 2.35. The van der Waals surface area contributed by atoms with Crippen LogP contribution in [0.15, 0.2) is 47.2 Å². The lowest BCUT2D eigenvalue weighted by atomic mass is 10.1. The number of sulfonamides is 1. The van der Waals surface area contributed by atoms with Gasteiger partial charge in [-0.3, -0.25) is 4.79 Å². The molecule has 7 heteroatoms. The minimum Gasteiger partial charge on any atom is -0.340 e. The number of hydrogen-bond acceptors (Lipinski definition) is 4. The molecule has 1 amide bonds. The fraction of sp³-hybridized carbons (Fsp3) is 0.389. The lowest BCUT2D eigenvalue weighted by Crippen LogP contribution is -2.50. The molecule has 2 aromatic rings. The Kier molecular flexibility index (Phi) is 5.88. The maximum absolute atomic E-state index is 12.5. The van der Waals surface area contributed by atoms with E-state index in [0.29, 0.717) is 32.6 Å². The van der Waals surface area contributed by atoms with Crippen LogP contribution >= 0.6 is 11.3 Å². The minimum atomic E-state index is -3.34. The second kappa shape index (κ2) is 8.12. The monoisotopic (exact) mass is 378 g/mol. The number of amides is 1. The van der Waals surface area contributed by atoms with Crippen LogP contribution in [-0.4, -0.2) is 49.7 Å². The van der Waals surface area contributed by atoms with Crippen molar-refractivity contribution in [1.29, 1.82) is 0 Å². The van der Waals surface area contributed by atoms with Crippen molar-refractivity contribution in [2.45, 2.75) is 18.6 Å². The summed E-state index contributed by atoms with van der Waals surface area (Å²) in [5.41, 5.74) is 1.97. The average Bonchev–Trinajstić information content (AvgIpc) is 3.14. The molecule has 1 aliphatic rings. The topological polar surface area (TPSA) is 57.7 Å². The Labute approximate surface area is 152 Å². The van der Waals surface area contributed by atoms with E-state index in [4.69, 9.17) is 0 Å². The third-order valence-electron chi connectivity index (χ3n) is 4.38. The highest BCUT2D eigenvalue weighted by atomic mass is 32.2. The van der Waals surface area contributed by atoms with Crippen molar-refractivity contribution in [3.05, 3.63) is 58.3 Å². The van der Waals surface area contributed by atoms with Crippen LogP contribution in [0.3, 0.4) is 0 Å². The molecular formula is C18H22N2O3S2. The Morgan fingerprint density at radius 2 is 1.72 bits per heavy atom. The molecule has 0 N–H and O–H groups in total. The molecule has 0 radical (unpaired) electrons. The fourth-order valence-corrected chi connectivity index (χ4v) is 5.16. The molecule has 1 fully saturated rings. The van der Waals surface area contributed by atoms with Crippen LogP contribution < -0.4 is 0 Å². The summed E-state index contributed by atoms with van der Waals surface area (Å²) in [6.07, 6.45) is 1.22. The SMILES string of the molecule is O=C(CCc1ccsc1)N1CCN(S(=O)(=O)Cc2ccccc2)CC1. The van der Waals surface area contributed by atoms with Crippen molar-refractivity contribution in [2.24, 2.45) is 0 Å². The van der Waals surface area contributed by atoms with Crippen molar-refractivity contribution in [3.63, 3.8) is 0 Å². The normalized spacial score (nSPS) is 16.1. The molecule has 2 heterocycles. The van der Waals surface area contributed by atoms with E-state index in [0.717, 1.165) is 12.0 Å². The van der Waals surface area contributed by atoms with Gasteiger partial charge in [-0.25, -0.2) is 8.42 Å². The van der Waals surface area contributed by atoms with E-state index >= 15 is 0 Å². The molecule has 0 unspecified atom stereocenters. The third kappa shape index (κ3) is 4.90. The summed E-state index contributed by atoms with van der Waals surface area (Å²) in [6.45, 7) is 1.69. The molecule has 3 rings (SSSR count). The first kappa shape index (κ1) is 18.1. The van der Waals surface area contributed by atoms with E-state index in [1.54, 1.807) is 16.2 Å². The lowest BCUT2D eigenvalue weighted by Gasteiger charge is -2.34. The van der Waals surface area contributed by atoms with Crippen molar-refractivity contribution in [2.75, 3.05) is 26.2 Å². The van der Waals surface area contributed by atoms with Gasteiger partial charge in [0, 0.05) is 32.6 Å². The first-order valence-corrected chi connectivity index (χ1v) is 10.9. The first-order chi connectivity index (χ1) is 12.0. The van der Waals surface area contributed by atoms with Crippen molar-refractivity contribution >= 4 is 27.3 Å². The highest BCUT2D eigenvalue weighted by Gasteiger charge is 2.28. The number of carbonyl (C=O) groups excluding carboxylic acids is 1. The Morgan fingerprint density at radius 1 is 1.00 bits per heavy atom. The van der Waals surface area contributed by atoms with Gasteiger partial charge in [-0.15, -0.1) is 0 Å². The van der Waals surface area contributed by atoms with Crippen LogP contribution in [-0.2, 0) is 27.0 Å². The van der Waals surface area contributed by atoms with Gasteiger partial charge in [-0.2, -0.15) is 15.6 Å². The fourth-order valence-electron chi connectivity index (χ4n) is 2.94. The highest BCUT2D eigenvalue weighted by Crippen LogP contribution is 2.15. The zero-order valence-corrected chi connectivity index (χ0v) is 15.6. The van der Waals surface area contributed by atoms with Gasteiger partial charge in [0.2, 0.25) is 15.9 Å². The third-order valence-corrected chi connectivity index (χ3v) is 6.97. The first-order valence-electron chi connectivity index (χ1n) is 8.35. The van der Waals surface area contributed by atoms with E-state index in [9.17, 15) is 13.2 Å². The molecule has 0 atom stereocenters. The second-order valence-electron chi connectivity index (χ2n) is 6.15. The van der Waals surface area contributed by atoms with E-state index in [1.807, 2.05) is 41.8 Å². The van der Waals surface area contributed by atoms with Gasteiger partial charge in [0.05, 0.1) is 5.75 Å². The summed E-state index contributed by atoms with van der Waals surface area (Å²) >= 11 is 1.63. The smallest absolute Gasteiger partial charge is 0.222 e. The standard InChI is InChI=1S/C18H22N2O3S2/c21-18(7-6-16-8-13-24-14-16)19-9-11-20(12-10-19)25(22,23)15-17-4-2-1-3-5-17/h1-5,8,13-14H,6-7,9-12,15H2. The summed E-state index contributed by atoms with van der Waals surface area (Å²) in [4.78, 5) is 14.1. The molecule has 0 aliphatic carbocycles. The van der Waals surface area contributed by atoms with Gasteiger partial charge in [0.25, 0.3) is 0 Å². The predicted molar refractivity (Wildman–Crippen MR) is 99.9 cm³/mol. The number of hydrogen-bond donors (Lipinski definition) is 0. The molecule has 0 saturated carbocycles. The molecule has 5 nitrogen and oxygen atoms in total. The second-order valence-corrected chi connectivity index (χ2v) is 8.90. The zero-order valence-electron chi connectivity index (χ0n) is 14.0. The van der Waals surface area contributed by atoms with Crippen LogP contribution in [0.5, 0.6) is 0 Å². The van der Waals surface area contributed by atoms with Gasteiger partial charge >= 0.3 is 0 Å². The number of piperazine rings is 1. The zero-order chi connectivity index (χ0) is 17.7. The average molecular weight is 379 g/mol. The van der Waals surface area contributed by atoms with Gasteiger partial charge in [-0.1, -0.05) is 30.3 Å². The van der Waals surface area contributed by atoms with Gasteiger partial charge in [0.1, 0.15) is 0 Å². The largest absolute Gasteiger partial charge is 0.340 e. The van der Waals surface area contributed by atoms with Crippen LogP contribution in [0, 0.1) is 0 Å². The van der Waals surface area contributed by atoms with Crippen LogP contribution in [0.25, 0.3) is 0 Å².